The molecular formula is C28H32F6O. The quantitative estimate of drug-likeness (QED) is 0.360. The van der Waals surface area contributed by atoms with Crippen LogP contribution in [0.4, 0.5) is 26.3 Å². The summed E-state index contributed by atoms with van der Waals surface area (Å²) in [4.78, 5) is 0. The van der Waals surface area contributed by atoms with Crippen molar-refractivity contribution in [2.75, 3.05) is 0 Å². The summed E-state index contributed by atoms with van der Waals surface area (Å²) in [5.74, 6) is -1.69. The van der Waals surface area contributed by atoms with Crippen LogP contribution in [-0.2, 0) is 0 Å². The summed E-state index contributed by atoms with van der Waals surface area (Å²) < 4.78 is 84.6. The van der Waals surface area contributed by atoms with Crippen LogP contribution in [0.5, 0.6) is 5.75 Å². The fourth-order valence-electron chi connectivity index (χ4n) is 6.25. The maximum absolute atomic E-state index is 14.9. The Balaban J connectivity index is 1.41. The lowest BCUT2D eigenvalue weighted by Gasteiger charge is -2.38. The first-order valence-electron chi connectivity index (χ1n) is 12.7. The van der Waals surface area contributed by atoms with Gasteiger partial charge in [-0.15, -0.1) is 13.2 Å². The van der Waals surface area contributed by atoms with Crippen molar-refractivity contribution in [1.82, 2.24) is 0 Å². The van der Waals surface area contributed by atoms with Crippen molar-refractivity contribution in [2.45, 2.75) is 83.4 Å². The second-order valence-electron chi connectivity index (χ2n) is 10.2. The van der Waals surface area contributed by atoms with E-state index in [1.54, 1.807) is 0 Å². The third-order valence-electron chi connectivity index (χ3n) is 8.01. The van der Waals surface area contributed by atoms with E-state index in [1.165, 1.54) is 50.7 Å². The monoisotopic (exact) mass is 498 g/mol. The van der Waals surface area contributed by atoms with Crippen molar-refractivity contribution >= 4 is 0 Å². The van der Waals surface area contributed by atoms with E-state index in [-0.39, 0.29) is 11.5 Å². The Bertz CT molecular complexity index is 978. The highest BCUT2D eigenvalue weighted by atomic mass is 19.4. The Kier molecular flexibility index (Phi) is 8.02. The molecule has 1 nitrogen and oxygen atoms in total. The number of rotatable bonds is 6. The van der Waals surface area contributed by atoms with E-state index >= 15 is 0 Å². The van der Waals surface area contributed by atoms with E-state index in [0.29, 0.717) is 17.5 Å². The van der Waals surface area contributed by atoms with Crippen LogP contribution in [0, 0.1) is 35.2 Å². The normalized spacial score (nSPS) is 25.5. The summed E-state index contributed by atoms with van der Waals surface area (Å²) in [5.41, 5.74) is -0.0453. The lowest BCUT2D eigenvalue weighted by molar-refractivity contribution is -0.275. The van der Waals surface area contributed by atoms with Crippen LogP contribution in [0.2, 0.25) is 0 Å². The number of benzene rings is 2. The molecule has 192 valence electrons. The Morgan fingerprint density at radius 2 is 1.34 bits per heavy atom. The molecule has 2 aliphatic rings. The Morgan fingerprint density at radius 3 is 1.86 bits per heavy atom. The maximum atomic E-state index is 14.9. The highest BCUT2D eigenvalue weighted by Crippen LogP contribution is 2.45. The van der Waals surface area contributed by atoms with Crippen LogP contribution in [0.25, 0.3) is 11.1 Å². The number of halogens is 6. The molecule has 0 spiro atoms. The molecule has 2 aromatic carbocycles. The van der Waals surface area contributed by atoms with Gasteiger partial charge in [0.2, 0.25) is 0 Å². The number of hydrogen-bond donors (Lipinski definition) is 0. The topological polar surface area (TPSA) is 9.23 Å². The van der Waals surface area contributed by atoms with Crippen LogP contribution in [0.15, 0.2) is 30.3 Å². The van der Waals surface area contributed by atoms with Gasteiger partial charge in [0, 0.05) is 0 Å². The third-order valence-corrected chi connectivity index (χ3v) is 8.01. The molecule has 7 heteroatoms. The largest absolute Gasteiger partial charge is 0.573 e. The van der Waals surface area contributed by atoms with Crippen molar-refractivity contribution < 1.29 is 31.1 Å². The number of hydrogen-bond acceptors (Lipinski definition) is 1. The van der Waals surface area contributed by atoms with E-state index in [1.807, 2.05) is 0 Å². The second kappa shape index (κ2) is 10.8. The van der Waals surface area contributed by atoms with Crippen LogP contribution in [-0.4, -0.2) is 6.36 Å². The summed E-state index contributed by atoms with van der Waals surface area (Å²) in [6.07, 6.45) is 6.63. The first-order valence-corrected chi connectivity index (χ1v) is 12.7. The van der Waals surface area contributed by atoms with Crippen LogP contribution in [0.3, 0.4) is 0 Å². The molecule has 0 saturated heterocycles. The molecule has 0 unspecified atom stereocenters. The lowest BCUT2D eigenvalue weighted by atomic mass is 9.68. The molecule has 0 aromatic heterocycles. The molecule has 2 aliphatic carbocycles. The molecule has 0 aliphatic heterocycles. The molecule has 0 radical (unpaired) electrons. The molecule has 35 heavy (non-hydrogen) atoms. The average molecular weight is 499 g/mol. The van der Waals surface area contributed by atoms with Gasteiger partial charge in [-0.05, 0) is 97.6 Å². The summed E-state index contributed by atoms with van der Waals surface area (Å²) in [6, 6.07) is 4.98. The Labute approximate surface area is 202 Å². The predicted molar refractivity (Wildman–Crippen MR) is 123 cm³/mol. The van der Waals surface area contributed by atoms with Gasteiger partial charge in [-0.1, -0.05) is 38.7 Å². The van der Waals surface area contributed by atoms with Gasteiger partial charge in [0.15, 0.2) is 11.6 Å². The van der Waals surface area contributed by atoms with E-state index in [9.17, 15) is 26.3 Å². The molecular weight excluding hydrogens is 466 g/mol. The Hall–Kier alpha value is -2.18. The van der Waals surface area contributed by atoms with E-state index < -0.39 is 35.1 Å². The highest BCUT2D eigenvalue weighted by Gasteiger charge is 2.33. The van der Waals surface area contributed by atoms with Crippen molar-refractivity contribution in [3.63, 3.8) is 0 Å². The van der Waals surface area contributed by atoms with Gasteiger partial charge in [-0.2, -0.15) is 0 Å². The molecule has 0 N–H and O–H groups in total. The van der Waals surface area contributed by atoms with Crippen molar-refractivity contribution in [2.24, 2.45) is 17.8 Å². The fourth-order valence-corrected chi connectivity index (χ4v) is 6.25. The van der Waals surface area contributed by atoms with Gasteiger partial charge in [-0.3, -0.25) is 0 Å². The van der Waals surface area contributed by atoms with Crippen molar-refractivity contribution in [1.29, 1.82) is 0 Å². The van der Waals surface area contributed by atoms with E-state index in [4.69, 9.17) is 0 Å². The molecule has 0 atom stereocenters. The van der Waals surface area contributed by atoms with E-state index in [2.05, 4.69) is 11.7 Å². The summed E-state index contributed by atoms with van der Waals surface area (Å²) in [5, 5.41) is 0. The molecule has 2 fully saturated rings. The lowest BCUT2D eigenvalue weighted by Crippen LogP contribution is -2.25. The molecule has 0 heterocycles. The number of ether oxygens (including phenoxy) is 1. The van der Waals surface area contributed by atoms with Crippen LogP contribution < -0.4 is 4.74 Å². The molecule has 4 rings (SSSR count). The molecule has 2 aromatic rings. The maximum Gasteiger partial charge on any atom is 0.573 e. The first-order chi connectivity index (χ1) is 16.6. The van der Waals surface area contributed by atoms with Gasteiger partial charge in [0.1, 0.15) is 11.6 Å². The smallest absolute Gasteiger partial charge is 0.403 e. The summed E-state index contributed by atoms with van der Waals surface area (Å²) >= 11 is 0. The number of alkyl halides is 3. The van der Waals surface area contributed by atoms with Gasteiger partial charge in [-0.25, -0.2) is 13.2 Å². The summed E-state index contributed by atoms with van der Waals surface area (Å²) in [6.45, 7) is 2.24. The second-order valence-corrected chi connectivity index (χ2v) is 10.2. The fraction of sp³-hybridized carbons (Fsp3) is 0.571. The molecule has 0 amide bonds. The SMILES string of the molecule is CCCC1CCC(C2CCC(c3cc(F)c(-c4ccc(OC(F)(F)F)c(F)c4)c(F)c3)CC2)CC1. The predicted octanol–water partition coefficient (Wildman–Crippen LogP) is 9.55. The molecule has 2 saturated carbocycles. The van der Waals surface area contributed by atoms with Gasteiger partial charge >= 0.3 is 6.36 Å². The van der Waals surface area contributed by atoms with E-state index in [0.717, 1.165) is 49.7 Å². The molecule has 0 bridgehead atoms. The Morgan fingerprint density at radius 1 is 0.771 bits per heavy atom. The van der Waals surface area contributed by atoms with Crippen LogP contribution in [0.1, 0.15) is 82.6 Å². The van der Waals surface area contributed by atoms with Gasteiger partial charge in [0.05, 0.1) is 5.56 Å². The summed E-state index contributed by atoms with van der Waals surface area (Å²) in [7, 11) is 0. The average Bonchev–Trinajstić information content (AvgIpc) is 2.80. The van der Waals surface area contributed by atoms with Gasteiger partial charge < -0.3 is 4.74 Å². The first kappa shape index (κ1) is 25.9. The van der Waals surface area contributed by atoms with Gasteiger partial charge in [0.25, 0.3) is 0 Å². The van der Waals surface area contributed by atoms with Crippen molar-refractivity contribution in [3.05, 3.63) is 53.3 Å². The minimum atomic E-state index is -5.06. The highest BCUT2D eigenvalue weighted by molar-refractivity contribution is 5.66. The zero-order valence-electron chi connectivity index (χ0n) is 19.9. The van der Waals surface area contributed by atoms with Crippen molar-refractivity contribution in [3.8, 4) is 16.9 Å². The minimum Gasteiger partial charge on any atom is -0.403 e. The van der Waals surface area contributed by atoms with Crippen LogP contribution >= 0.6 is 0 Å². The minimum absolute atomic E-state index is 0.0695. The zero-order valence-corrected chi connectivity index (χ0v) is 19.9. The standard InChI is InChI=1S/C28H32F6O/c1-2-3-17-4-6-18(7-5-17)19-8-10-20(11-9-19)22-15-24(30)27(25(31)16-22)21-12-13-26(23(29)14-21)35-28(32,33)34/h12-20H,2-11H2,1H3. The zero-order chi connectivity index (χ0) is 25.2. The third kappa shape index (κ3) is 6.34.